The summed E-state index contributed by atoms with van der Waals surface area (Å²) in [7, 11) is 3.08. The second kappa shape index (κ2) is 8.49. The Morgan fingerprint density at radius 3 is 2.52 bits per heavy atom. The van der Waals surface area contributed by atoms with Crippen LogP contribution >= 0.6 is 0 Å². The average molecular weight is 425 g/mol. The topological polar surface area (TPSA) is 74.3 Å². The summed E-state index contributed by atoms with van der Waals surface area (Å²) >= 11 is 0. The van der Waals surface area contributed by atoms with Crippen molar-refractivity contribution in [1.82, 2.24) is 4.90 Å². The van der Waals surface area contributed by atoms with Crippen LogP contribution < -0.4 is 18.9 Å². The molecule has 0 unspecified atom stereocenters. The van der Waals surface area contributed by atoms with Crippen molar-refractivity contribution in [2.24, 2.45) is 0 Å². The number of likely N-dealkylation sites (tertiary alicyclic amines) is 1. The molecule has 1 saturated heterocycles. The highest BCUT2D eigenvalue weighted by Gasteiger charge is 2.45. The third-order valence-electron chi connectivity index (χ3n) is 6.06. The number of benzene rings is 2. The van der Waals surface area contributed by atoms with Crippen molar-refractivity contribution in [3.05, 3.63) is 47.5 Å². The van der Waals surface area contributed by atoms with E-state index in [9.17, 15) is 9.59 Å². The number of amides is 1. The maximum absolute atomic E-state index is 12.9. The van der Waals surface area contributed by atoms with E-state index in [4.69, 9.17) is 18.9 Å². The van der Waals surface area contributed by atoms with Gasteiger partial charge in [-0.25, -0.2) is 0 Å². The van der Waals surface area contributed by atoms with Gasteiger partial charge in [0.2, 0.25) is 0 Å². The molecule has 0 aliphatic carbocycles. The van der Waals surface area contributed by atoms with Crippen molar-refractivity contribution in [3.63, 3.8) is 0 Å². The van der Waals surface area contributed by atoms with Crippen molar-refractivity contribution < 1.29 is 28.5 Å². The Bertz CT molecular complexity index is 994. The van der Waals surface area contributed by atoms with E-state index in [0.717, 1.165) is 5.56 Å². The van der Waals surface area contributed by atoms with Gasteiger partial charge in [-0.05, 0) is 18.6 Å². The van der Waals surface area contributed by atoms with Crippen LogP contribution in [0.25, 0.3) is 0 Å². The number of carbonyl (C=O) groups excluding carboxylic acids is 2. The first-order chi connectivity index (χ1) is 14.9. The first-order valence-electron chi connectivity index (χ1n) is 10.4. The molecule has 1 spiro atoms. The molecule has 2 aliphatic rings. The minimum atomic E-state index is -0.616. The number of piperidine rings is 1. The molecule has 0 N–H and O–H groups in total. The summed E-state index contributed by atoms with van der Waals surface area (Å²) in [6.45, 7) is 2.97. The molecule has 31 heavy (non-hydrogen) atoms. The number of para-hydroxylation sites is 1. The van der Waals surface area contributed by atoms with Crippen LogP contribution in [0.3, 0.4) is 0 Å². The van der Waals surface area contributed by atoms with Crippen LogP contribution in [-0.2, 0) is 4.79 Å². The Balaban J connectivity index is 1.42. The Morgan fingerprint density at radius 1 is 1.10 bits per heavy atom. The van der Waals surface area contributed by atoms with Crippen LogP contribution in [0.15, 0.2) is 36.4 Å². The number of hydrogen-bond acceptors (Lipinski definition) is 6. The summed E-state index contributed by atoms with van der Waals surface area (Å²) in [5, 5.41) is 0. The van der Waals surface area contributed by atoms with Gasteiger partial charge in [0.1, 0.15) is 34.2 Å². The Morgan fingerprint density at radius 2 is 1.84 bits per heavy atom. The molecule has 2 aromatic rings. The Labute approximate surface area is 181 Å². The van der Waals surface area contributed by atoms with Crippen LogP contribution in [0.2, 0.25) is 0 Å². The first kappa shape index (κ1) is 21.0. The van der Waals surface area contributed by atoms with E-state index in [2.05, 4.69) is 0 Å². The minimum Gasteiger partial charge on any atom is -0.496 e. The van der Waals surface area contributed by atoms with Crippen molar-refractivity contribution in [1.29, 1.82) is 0 Å². The number of ketones is 1. The van der Waals surface area contributed by atoms with E-state index in [0.29, 0.717) is 54.5 Å². The predicted molar refractivity (Wildman–Crippen MR) is 114 cm³/mol. The lowest BCUT2D eigenvalue weighted by molar-refractivity contribution is -0.136. The van der Waals surface area contributed by atoms with Crippen molar-refractivity contribution in [2.75, 3.05) is 33.9 Å². The van der Waals surface area contributed by atoms with Gasteiger partial charge in [0.05, 0.1) is 20.6 Å². The third-order valence-corrected chi connectivity index (χ3v) is 6.06. The summed E-state index contributed by atoms with van der Waals surface area (Å²) in [4.78, 5) is 27.4. The Kier molecular flexibility index (Phi) is 5.76. The number of nitrogens with zero attached hydrogens (tertiary/aromatic N) is 1. The van der Waals surface area contributed by atoms with Gasteiger partial charge in [0.25, 0.3) is 5.91 Å². The predicted octanol–water partition coefficient (Wildman–Crippen LogP) is 3.42. The minimum absolute atomic E-state index is 0.00509. The van der Waals surface area contributed by atoms with E-state index >= 15 is 0 Å². The average Bonchev–Trinajstić information content (AvgIpc) is 2.77. The van der Waals surface area contributed by atoms with Crippen LogP contribution in [0.5, 0.6) is 23.0 Å². The standard InChI is InChI=1S/C24H27NO6/c1-16-6-4-5-7-19(16)30-15-22(27)25-10-8-24(9-11-25)14-18(26)23-20(29-3)12-17(28-2)13-21(23)31-24/h4-7,12-13H,8-11,14-15H2,1-3H3. The summed E-state index contributed by atoms with van der Waals surface area (Å²) in [5.41, 5.74) is 0.834. The SMILES string of the molecule is COc1cc(OC)c2c(c1)OC1(CCN(C(=O)COc3ccccc3C)CC1)CC2=O. The van der Waals surface area contributed by atoms with E-state index < -0.39 is 5.60 Å². The number of methoxy groups -OCH3 is 2. The van der Waals surface area contributed by atoms with Crippen LogP contribution in [0, 0.1) is 6.92 Å². The molecule has 4 rings (SSSR count). The fourth-order valence-electron chi connectivity index (χ4n) is 4.24. The maximum Gasteiger partial charge on any atom is 0.260 e. The molecule has 0 aromatic heterocycles. The number of fused-ring (bicyclic) bond motifs is 1. The fraction of sp³-hybridized carbons (Fsp3) is 0.417. The van der Waals surface area contributed by atoms with Gasteiger partial charge in [0, 0.05) is 38.1 Å². The summed E-state index contributed by atoms with van der Waals surface area (Å²) in [5.74, 6) is 2.14. The molecular formula is C24H27NO6. The van der Waals surface area contributed by atoms with Crippen LogP contribution in [0.1, 0.15) is 35.2 Å². The molecule has 7 heteroatoms. The van der Waals surface area contributed by atoms with Gasteiger partial charge in [-0.15, -0.1) is 0 Å². The molecule has 2 heterocycles. The molecule has 1 amide bonds. The molecule has 1 fully saturated rings. The normalized spacial score (nSPS) is 17.0. The lowest BCUT2D eigenvalue weighted by Gasteiger charge is -2.44. The second-order valence-corrected chi connectivity index (χ2v) is 8.02. The number of Topliss-reactive ketones (excluding diaryl/α,β-unsaturated/α-hetero) is 1. The summed E-state index contributed by atoms with van der Waals surface area (Å²) in [6, 6.07) is 11.0. The lowest BCUT2D eigenvalue weighted by Crippen LogP contribution is -2.53. The smallest absolute Gasteiger partial charge is 0.260 e. The van der Waals surface area contributed by atoms with Crippen LogP contribution in [-0.4, -0.2) is 56.1 Å². The van der Waals surface area contributed by atoms with E-state index in [1.54, 1.807) is 24.1 Å². The molecule has 7 nitrogen and oxygen atoms in total. The third kappa shape index (κ3) is 4.17. The lowest BCUT2D eigenvalue weighted by atomic mass is 9.82. The monoisotopic (exact) mass is 425 g/mol. The van der Waals surface area contributed by atoms with E-state index in [1.807, 2.05) is 31.2 Å². The molecule has 164 valence electrons. The number of carbonyl (C=O) groups is 2. The zero-order chi connectivity index (χ0) is 22.0. The summed E-state index contributed by atoms with van der Waals surface area (Å²) in [6.07, 6.45) is 1.42. The molecule has 2 aromatic carbocycles. The zero-order valence-corrected chi connectivity index (χ0v) is 18.1. The highest BCUT2D eigenvalue weighted by molar-refractivity contribution is 6.03. The molecule has 0 saturated carbocycles. The van der Waals surface area contributed by atoms with Crippen LogP contribution in [0.4, 0.5) is 0 Å². The number of ether oxygens (including phenoxy) is 4. The fourth-order valence-corrected chi connectivity index (χ4v) is 4.24. The number of aryl methyl sites for hydroxylation is 1. The summed E-state index contributed by atoms with van der Waals surface area (Å²) < 4.78 is 22.7. The van der Waals surface area contributed by atoms with Gasteiger partial charge < -0.3 is 23.8 Å². The molecule has 0 atom stereocenters. The van der Waals surface area contributed by atoms with Gasteiger partial charge in [-0.3, -0.25) is 9.59 Å². The maximum atomic E-state index is 12.9. The number of hydrogen-bond donors (Lipinski definition) is 0. The quantitative estimate of drug-likeness (QED) is 0.731. The van der Waals surface area contributed by atoms with Gasteiger partial charge in [-0.2, -0.15) is 0 Å². The molecule has 2 aliphatic heterocycles. The van der Waals surface area contributed by atoms with Crippen molar-refractivity contribution in [3.8, 4) is 23.0 Å². The van der Waals surface area contributed by atoms with E-state index in [1.165, 1.54) is 7.11 Å². The van der Waals surface area contributed by atoms with Gasteiger partial charge in [0.15, 0.2) is 12.4 Å². The molecule has 0 radical (unpaired) electrons. The number of rotatable bonds is 5. The van der Waals surface area contributed by atoms with Gasteiger partial charge >= 0.3 is 0 Å². The first-order valence-corrected chi connectivity index (χ1v) is 10.4. The largest absolute Gasteiger partial charge is 0.496 e. The van der Waals surface area contributed by atoms with Crippen molar-refractivity contribution in [2.45, 2.75) is 31.8 Å². The molecular weight excluding hydrogens is 398 g/mol. The highest BCUT2D eigenvalue weighted by Crippen LogP contribution is 2.44. The zero-order valence-electron chi connectivity index (χ0n) is 18.1. The van der Waals surface area contributed by atoms with Gasteiger partial charge in [-0.1, -0.05) is 18.2 Å². The second-order valence-electron chi connectivity index (χ2n) is 8.02. The van der Waals surface area contributed by atoms with E-state index in [-0.39, 0.29) is 24.7 Å². The van der Waals surface area contributed by atoms with Crippen molar-refractivity contribution >= 4 is 11.7 Å². The molecule has 0 bridgehead atoms. The highest BCUT2D eigenvalue weighted by atomic mass is 16.5. The Hall–Kier alpha value is -3.22.